The van der Waals surface area contributed by atoms with Crippen molar-refractivity contribution in [1.29, 1.82) is 0 Å². The van der Waals surface area contributed by atoms with Gasteiger partial charge in [-0.05, 0) is 17.7 Å². The standard InChI is InChI=1S/C15H13ClN2O4/c16-12-4-2-1-3-10(12)5-6-13(19)17-7-11(8-17)18-14(20)9-22-15(18)21/h1-6,11H,7-9H2. The number of cyclic esters (lactones) is 1. The van der Waals surface area contributed by atoms with Crippen LogP contribution in [0.2, 0.25) is 5.02 Å². The Hall–Kier alpha value is -2.34. The number of imide groups is 1. The molecule has 2 fully saturated rings. The van der Waals surface area contributed by atoms with Crippen LogP contribution in [0.3, 0.4) is 0 Å². The predicted octanol–water partition coefficient (Wildman–Crippen LogP) is 1.54. The molecule has 0 aliphatic carbocycles. The lowest BCUT2D eigenvalue weighted by molar-refractivity contribution is -0.138. The van der Waals surface area contributed by atoms with Gasteiger partial charge >= 0.3 is 6.09 Å². The summed E-state index contributed by atoms with van der Waals surface area (Å²) in [6.07, 6.45) is 2.45. The summed E-state index contributed by atoms with van der Waals surface area (Å²) in [6, 6.07) is 6.91. The average molecular weight is 321 g/mol. The minimum atomic E-state index is -0.631. The van der Waals surface area contributed by atoms with E-state index in [1.165, 1.54) is 6.08 Å². The fourth-order valence-electron chi connectivity index (χ4n) is 2.39. The third-order valence-electron chi connectivity index (χ3n) is 3.63. The Morgan fingerprint density at radius 2 is 2.00 bits per heavy atom. The second kappa shape index (κ2) is 5.81. The molecule has 22 heavy (non-hydrogen) atoms. The maximum Gasteiger partial charge on any atom is 0.417 e. The highest BCUT2D eigenvalue weighted by molar-refractivity contribution is 6.32. The first-order chi connectivity index (χ1) is 10.6. The van der Waals surface area contributed by atoms with E-state index in [2.05, 4.69) is 4.74 Å². The molecule has 3 amide bonds. The second-order valence-electron chi connectivity index (χ2n) is 5.07. The fourth-order valence-corrected chi connectivity index (χ4v) is 2.59. The number of hydrogen-bond acceptors (Lipinski definition) is 4. The van der Waals surface area contributed by atoms with Crippen LogP contribution in [0, 0.1) is 0 Å². The van der Waals surface area contributed by atoms with Gasteiger partial charge in [0, 0.05) is 24.2 Å². The molecule has 0 saturated carbocycles. The Labute approximate surface area is 131 Å². The summed E-state index contributed by atoms with van der Waals surface area (Å²) in [5, 5.41) is 0.568. The lowest BCUT2D eigenvalue weighted by Gasteiger charge is -2.41. The zero-order valence-electron chi connectivity index (χ0n) is 11.6. The van der Waals surface area contributed by atoms with Gasteiger partial charge in [0.2, 0.25) is 5.91 Å². The fraction of sp³-hybridized carbons (Fsp3) is 0.267. The van der Waals surface area contributed by atoms with Gasteiger partial charge in [-0.25, -0.2) is 9.69 Å². The van der Waals surface area contributed by atoms with E-state index in [-0.39, 0.29) is 24.5 Å². The van der Waals surface area contributed by atoms with Gasteiger partial charge in [-0.3, -0.25) is 9.59 Å². The van der Waals surface area contributed by atoms with Gasteiger partial charge in [0.05, 0.1) is 6.04 Å². The number of nitrogens with zero attached hydrogens (tertiary/aromatic N) is 2. The molecule has 3 rings (SSSR count). The zero-order chi connectivity index (χ0) is 15.7. The maximum absolute atomic E-state index is 12.0. The summed E-state index contributed by atoms with van der Waals surface area (Å²) in [6.45, 7) is 0.439. The van der Waals surface area contributed by atoms with Crippen molar-refractivity contribution in [1.82, 2.24) is 9.80 Å². The van der Waals surface area contributed by atoms with Gasteiger partial charge in [-0.1, -0.05) is 29.8 Å². The number of likely N-dealkylation sites (tertiary alicyclic amines) is 1. The van der Waals surface area contributed by atoms with E-state index in [4.69, 9.17) is 11.6 Å². The van der Waals surface area contributed by atoms with Crippen molar-refractivity contribution in [2.75, 3.05) is 19.7 Å². The first-order valence-electron chi connectivity index (χ1n) is 6.76. The molecule has 6 nitrogen and oxygen atoms in total. The number of hydrogen-bond donors (Lipinski definition) is 0. The molecule has 1 aromatic rings. The number of halogens is 1. The van der Waals surface area contributed by atoms with Crippen molar-refractivity contribution >= 4 is 35.6 Å². The smallest absolute Gasteiger partial charge is 0.417 e. The Balaban J connectivity index is 1.57. The highest BCUT2D eigenvalue weighted by atomic mass is 35.5. The number of rotatable bonds is 3. The largest absolute Gasteiger partial charge is 0.439 e. The summed E-state index contributed by atoms with van der Waals surface area (Å²) in [5.41, 5.74) is 0.757. The van der Waals surface area contributed by atoms with Crippen LogP contribution in [-0.2, 0) is 14.3 Å². The molecule has 0 N–H and O–H groups in total. The Kier molecular flexibility index (Phi) is 3.85. The number of carbonyl (C=O) groups is 3. The van der Waals surface area contributed by atoms with Gasteiger partial charge < -0.3 is 9.64 Å². The van der Waals surface area contributed by atoms with E-state index in [9.17, 15) is 14.4 Å². The number of carbonyl (C=O) groups excluding carboxylic acids is 3. The van der Waals surface area contributed by atoms with Crippen molar-refractivity contribution in [2.45, 2.75) is 6.04 Å². The lowest BCUT2D eigenvalue weighted by Crippen LogP contribution is -2.61. The van der Waals surface area contributed by atoms with E-state index < -0.39 is 6.09 Å². The Morgan fingerprint density at radius 1 is 1.27 bits per heavy atom. The van der Waals surface area contributed by atoms with E-state index in [1.807, 2.05) is 18.2 Å². The highest BCUT2D eigenvalue weighted by Gasteiger charge is 2.43. The van der Waals surface area contributed by atoms with Crippen LogP contribution in [0.5, 0.6) is 0 Å². The van der Waals surface area contributed by atoms with Crippen molar-refractivity contribution < 1.29 is 19.1 Å². The third-order valence-corrected chi connectivity index (χ3v) is 3.98. The van der Waals surface area contributed by atoms with Crippen molar-refractivity contribution in [3.63, 3.8) is 0 Å². The minimum absolute atomic E-state index is 0.184. The van der Waals surface area contributed by atoms with Gasteiger partial charge in [0.25, 0.3) is 5.91 Å². The molecule has 2 saturated heterocycles. The molecular weight excluding hydrogens is 308 g/mol. The average Bonchev–Trinajstić information content (AvgIpc) is 2.77. The SMILES string of the molecule is O=C(C=Cc1ccccc1Cl)N1CC(N2C(=O)COC2=O)C1. The minimum Gasteiger partial charge on any atom is -0.439 e. The molecule has 0 atom stereocenters. The molecule has 1 aromatic carbocycles. The molecule has 0 unspecified atom stereocenters. The third kappa shape index (κ3) is 2.69. The van der Waals surface area contributed by atoms with Crippen LogP contribution in [0.1, 0.15) is 5.56 Å². The molecule has 0 bridgehead atoms. The van der Waals surface area contributed by atoms with E-state index in [0.29, 0.717) is 18.1 Å². The van der Waals surface area contributed by atoms with Gasteiger partial charge in [0.1, 0.15) is 0 Å². The molecule has 114 valence electrons. The van der Waals surface area contributed by atoms with E-state index in [0.717, 1.165) is 10.5 Å². The van der Waals surface area contributed by atoms with Crippen molar-refractivity contribution in [3.05, 3.63) is 40.9 Å². The van der Waals surface area contributed by atoms with Crippen LogP contribution < -0.4 is 0 Å². The Bertz CT molecular complexity index is 651. The van der Waals surface area contributed by atoms with Crippen LogP contribution in [0.15, 0.2) is 30.3 Å². The van der Waals surface area contributed by atoms with Crippen LogP contribution in [-0.4, -0.2) is 53.4 Å². The van der Waals surface area contributed by atoms with E-state index in [1.54, 1.807) is 17.0 Å². The molecular formula is C15H13ClN2O4. The molecule has 0 spiro atoms. The van der Waals surface area contributed by atoms with Gasteiger partial charge in [0.15, 0.2) is 6.61 Å². The second-order valence-corrected chi connectivity index (χ2v) is 5.48. The molecule has 2 aliphatic heterocycles. The monoisotopic (exact) mass is 320 g/mol. The number of benzene rings is 1. The van der Waals surface area contributed by atoms with Crippen molar-refractivity contribution in [3.8, 4) is 0 Å². The van der Waals surface area contributed by atoms with Gasteiger partial charge in [-0.2, -0.15) is 0 Å². The summed E-state index contributed by atoms with van der Waals surface area (Å²) in [5.74, 6) is -0.537. The topological polar surface area (TPSA) is 66.9 Å². The first-order valence-corrected chi connectivity index (χ1v) is 7.14. The molecule has 0 radical (unpaired) electrons. The van der Waals surface area contributed by atoms with Crippen LogP contribution in [0.4, 0.5) is 4.79 Å². The lowest BCUT2D eigenvalue weighted by atomic mass is 10.1. The van der Waals surface area contributed by atoms with E-state index >= 15 is 0 Å². The number of amides is 3. The summed E-state index contributed by atoms with van der Waals surface area (Å²) >= 11 is 6.00. The molecule has 2 aliphatic rings. The number of ether oxygens (including phenoxy) is 1. The van der Waals surface area contributed by atoms with Gasteiger partial charge in [-0.15, -0.1) is 0 Å². The molecule has 2 heterocycles. The summed E-state index contributed by atoms with van der Waals surface area (Å²) in [4.78, 5) is 37.5. The predicted molar refractivity (Wildman–Crippen MR) is 79.0 cm³/mol. The molecule has 0 aromatic heterocycles. The summed E-state index contributed by atoms with van der Waals surface area (Å²) < 4.78 is 4.65. The van der Waals surface area contributed by atoms with Crippen molar-refractivity contribution in [2.24, 2.45) is 0 Å². The first kappa shape index (κ1) is 14.6. The normalized spacial score (nSPS) is 18.8. The van der Waals surface area contributed by atoms with Crippen LogP contribution in [0.25, 0.3) is 6.08 Å². The zero-order valence-corrected chi connectivity index (χ0v) is 12.3. The highest BCUT2D eigenvalue weighted by Crippen LogP contribution is 2.21. The summed E-state index contributed by atoms with van der Waals surface area (Å²) in [7, 11) is 0. The quantitative estimate of drug-likeness (QED) is 0.792. The van der Waals surface area contributed by atoms with Crippen LogP contribution >= 0.6 is 11.6 Å². The molecule has 7 heteroatoms. The maximum atomic E-state index is 12.0. The Morgan fingerprint density at radius 3 is 2.64 bits per heavy atom.